The molecule has 0 spiro atoms. The monoisotopic (exact) mass is 336 g/mol. The van der Waals surface area contributed by atoms with E-state index in [1.54, 1.807) is 0 Å². The smallest absolute Gasteiger partial charge is 0.311 e. The van der Waals surface area contributed by atoms with Crippen LogP contribution >= 0.6 is 0 Å². The largest absolute Gasteiger partial charge is 0.464 e. The molecular formula is C15H17FN4O4. The molecule has 1 amide bonds. The van der Waals surface area contributed by atoms with Crippen molar-refractivity contribution >= 4 is 11.6 Å². The van der Waals surface area contributed by atoms with Gasteiger partial charge in [-0.2, -0.15) is 5.10 Å². The second-order valence-electron chi connectivity index (χ2n) is 4.99. The van der Waals surface area contributed by atoms with Crippen molar-refractivity contribution in [2.45, 2.75) is 26.5 Å². The Morgan fingerprint density at radius 2 is 2.25 bits per heavy atom. The van der Waals surface area contributed by atoms with E-state index in [0.717, 1.165) is 31.0 Å². The zero-order chi connectivity index (χ0) is 17.5. The maximum Gasteiger partial charge on any atom is 0.311 e. The van der Waals surface area contributed by atoms with Crippen LogP contribution in [0.15, 0.2) is 30.5 Å². The second-order valence-corrected chi connectivity index (χ2v) is 4.99. The molecule has 24 heavy (non-hydrogen) atoms. The van der Waals surface area contributed by atoms with Gasteiger partial charge < -0.3 is 10.1 Å². The van der Waals surface area contributed by atoms with Gasteiger partial charge in [0.05, 0.1) is 4.92 Å². The summed E-state index contributed by atoms with van der Waals surface area (Å²) in [4.78, 5) is 22.1. The number of ether oxygens (including phenoxy) is 1. The number of nitro benzene ring substituents is 1. The van der Waals surface area contributed by atoms with E-state index in [1.165, 1.54) is 16.9 Å². The molecule has 0 atom stereocenters. The van der Waals surface area contributed by atoms with Crippen molar-refractivity contribution in [1.82, 2.24) is 15.1 Å². The summed E-state index contributed by atoms with van der Waals surface area (Å²) < 4.78 is 19.8. The highest BCUT2D eigenvalue weighted by Crippen LogP contribution is 2.27. The van der Waals surface area contributed by atoms with Crippen LogP contribution in [0.2, 0.25) is 0 Å². The van der Waals surface area contributed by atoms with E-state index >= 15 is 0 Å². The Balaban J connectivity index is 2.00. The Morgan fingerprint density at radius 1 is 1.46 bits per heavy atom. The van der Waals surface area contributed by atoms with E-state index < -0.39 is 10.7 Å². The van der Waals surface area contributed by atoms with Gasteiger partial charge in [-0.3, -0.25) is 14.9 Å². The molecule has 0 radical (unpaired) electrons. The summed E-state index contributed by atoms with van der Waals surface area (Å²) in [6.07, 6.45) is 3.34. The maximum atomic E-state index is 13.2. The van der Waals surface area contributed by atoms with E-state index in [1.807, 2.05) is 6.92 Å². The summed E-state index contributed by atoms with van der Waals surface area (Å²) in [5, 5.41) is 17.6. The number of nitro groups is 1. The Bertz CT molecular complexity index is 732. The lowest BCUT2D eigenvalue weighted by Crippen LogP contribution is -2.25. The van der Waals surface area contributed by atoms with Crippen LogP contribution in [0.4, 0.5) is 10.1 Å². The summed E-state index contributed by atoms with van der Waals surface area (Å²) in [5.41, 5.74) is -0.135. The number of nitrogens with zero attached hydrogens (tertiary/aromatic N) is 3. The van der Waals surface area contributed by atoms with Crippen LogP contribution in [-0.2, 0) is 6.73 Å². The summed E-state index contributed by atoms with van der Waals surface area (Å²) >= 11 is 0. The van der Waals surface area contributed by atoms with Crippen LogP contribution in [0.5, 0.6) is 5.75 Å². The molecule has 9 heteroatoms. The first kappa shape index (κ1) is 17.4. The highest BCUT2D eigenvalue weighted by molar-refractivity contribution is 5.92. The maximum absolute atomic E-state index is 13.2. The van der Waals surface area contributed by atoms with Crippen molar-refractivity contribution in [3.63, 3.8) is 0 Å². The van der Waals surface area contributed by atoms with Crippen LogP contribution in [0, 0.1) is 15.9 Å². The topological polar surface area (TPSA) is 99.3 Å². The Kier molecular flexibility index (Phi) is 5.83. The Labute approximate surface area is 137 Å². The molecule has 1 aromatic heterocycles. The fourth-order valence-electron chi connectivity index (χ4n) is 1.91. The molecule has 8 nitrogen and oxygen atoms in total. The number of benzene rings is 1. The number of carbonyl (C=O) groups is 1. The first-order valence-electron chi connectivity index (χ1n) is 7.39. The van der Waals surface area contributed by atoms with Crippen molar-refractivity contribution in [1.29, 1.82) is 0 Å². The zero-order valence-corrected chi connectivity index (χ0v) is 13.1. The third kappa shape index (κ3) is 4.51. The van der Waals surface area contributed by atoms with Gasteiger partial charge in [-0.05, 0) is 18.6 Å². The van der Waals surface area contributed by atoms with E-state index in [2.05, 4.69) is 10.4 Å². The average molecular weight is 336 g/mol. The predicted octanol–water partition coefficient (Wildman–Crippen LogP) is 2.50. The number of rotatable bonds is 8. The van der Waals surface area contributed by atoms with Gasteiger partial charge in [-0.1, -0.05) is 13.3 Å². The molecule has 0 saturated carbocycles. The highest BCUT2D eigenvalue weighted by atomic mass is 19.1. The number of aromatic nitrogens is 2. The minimum atomic E-state index is -0.662. The van der Waals surface area contributed by atoms with Crippen molar-refractivity contribution in [3.05, 3.63) is 52.1 Å². The van der Waals surface area contributed by atoms with Gasteiger partial charge in [0.2, 0.25) is 5.75 Å². The van der Waals surface area contributed by atoms with Gasteiger partial charge in [0.1, 0.15) is 11.5 Å². The summed E-state index contributed by atoms with van der Waals surface area (Å²) in [7, 11) is 0. The fourth-order valence-corrected chi connectivity index (χ4v) is 1.91. The number of carbonyl (C=O) groups excluding carboxylic acids is 1. The SMILES string of the molecule is CCCCNC(=O)c1ccn(COc2cc(F)ccc2[N+](=O)[O-])n1. The number of nitrogens with one attached hydrogen (secondary N) is 1. The summed E-state index contributed by atoms with van der Waals surface area (Å²) in [6.45, 7) is 2.39. The average Bonchev–Trinajstić information content (AvgIpc) is 3.02. The second kappa shape index (κ2) is 8.04. The number of hydrogen-bond donors (Lipinski definition) is 1. The fraction of sp³-hybridized carbons (Fsp3) is 0.333. The molecule has 0 aliphatic carbocycles. The first-order chi connectivity index (χ1) is 11.5. The standard InChI is InChI=1S/C15H17FN4O4/c1-2-3-7-17-15(21)12-6-8-19(18-12)10-24-14-9-11(16)4-5-13(14)20(22)23/h4-6,8-9H,2-3,7,10H2,1H3,(H,17,21). The quantitative estimate of drug-likeness (QED) is 0.453. The van der Waals surface area contributed by atoms with Crippen molar-refractivity contribution in [3.8, 4) is 5.75 Å². The molecule has 0 aliphatic rings. The van der Waals surface area contributed by atoms with Crippen LogP contribution in [0.1, 0.15) is 30.3 Å². The van der Waals surface area contributed by atoms with E-state index in [-0.39, 0.29) is 29.8 Å². The molecule has 0 aliphatic heterocycles. The molecule has 0 fully saturated rings. The molecule has 0 bridgehead atoms. The van der Waals surface area contributed by atoms with E-state index in [0.29, 0.717) is 6.54 Å². The third-order valence-corrected chi connectivity index (χ3v) is 3.16. The van der Waals surface area contributed by atoms with Crippen molar-refractivity contribution in [2.24, 2.45) is 0 Å². The molecule has 1 N–H and O–H groups in total. The molecule has 0 unspecified atom stereocenters. The number of unbranched alkanes of at least 4 members (excludes halogenated alkanes) is 1. The van der Waals surface area contributed by atoms with Crippen molar-refractivity contribution < 1.29 is 18.8 Å². The third-order valence-electron chi connectivity index (χ3n) is 3.16. The van der Waals surface area contributed by atoms with Gasteiger partial charge in [-0.25, -0.2) is 9.07 Å². The minimum absolute atomic E-state index is 0.188. The Morgan fingerprint density at radius 3 is 2.96 bits per heavy atom. The highest BCUT2D eigenvalue weighted by Gasteiger charge is 2.16. The van der Waals surface area contributed by atoms with Crippen LogP contribution in [0.3, 0.4) is 0 Å². The molecule has 2 rings (SSSR count). The van der Waals surface area contributed by atoms with Gasteiger partial charge in [0.15, 0.2) is 6.73 Å². The van der Waals surface area contributed by atoms with E-state index in [4.69, 9.17) is 4.74 Å². The molecule has 128 valence electrons. The molecular weight excluding hydrogens is 319 g/mol. The molecule has 1 heterocycles. The summed E-state index contributed by atoms with van der Waals surface area (Å²) in [5.74, 6) is -1.16. The van der Waals surface area contributed by atoms with Crippen LogP contribution < -0.4 is 10.1 Å². The van der Waals surface area contributed by atoms with Crippen LogP contribution in [-0.4, -0.2) is 27.2 Å². The van der Waals surface area contributed by atoms with Gasteiger partial charge in [0, 0.05) is 24.9 Å². The van der Waals surface area contributed by atoms with Crippen molar-refractivity contribution in [2.75, 3.05) is 6.54 Å². The lowest BCUT2D eigenvalue weighted by molar-refractivity contribution is -0.386. The minimum Gasteiger partial charge on any atom is -0.464 e. The molecule has 2 aromatic rings. The first-order valence-corrected chi connectivity index (χ1v) is 7.39. The predicted molar refractivity (Wildman–Crippen MR) is 83.2 cm³/mol. The zero-order valence-electron chi connectivity index (χ0n) is 13.1. The molecule has 1 aromatic carbocycles. The van der Waals surface area contributed by atoms with Gasteiger partial charge >= 0.3 is 5.69 Å². The number of amides is 1. The van der Waals surface area contributed by atoms with Gasteiger partial charge in [-0.15, -0.1) is 0 Å². The number of hydrogen-bond acceptors (Lipinski definition) is 5. The van der Waals surface area contributed by atoms with Crippen LogP contribution in [0.25, 0.3) is 0 Å². The number of halogens is 1. The lowest BCUT2D eigenvalue weighted by atomic mass is 10.3. The van der Waals surface area contributed by atoms with Gasteiger partial charge in [0.25, 0.3) is 5.91 Å². The normalized spacial score (nSPS) is 10.4. The van der Waals surface area contributed by atoms with E-state index in [9.17, 15) is 19.3 Å². The molecule has 0 saturated heterocycles. The summed E-state index contributed by atoms with van der Waals surface area (Å²) in [6, 6.07) is 4.45. The Hall–Kier alpha value is -2.97. The lowest BCUT2D eigenvalue weighted by Gasteiger charge is -2.07.